The molecule has 2 N–H and O–H groups in total. The van der Waals surface area contributed by atoms with Crippen molar-refractivity contribution in [3.05, 3.63) is 81.1 Å². The minimum Gasteiger partial charge on any atom is -0.322 e. The Bertz CT molecular complexity index is 1130. The number of fused-ring (bicyclic) bond motifs is 1. The Hall–Kier alpha value is -2.44. The lowest BCUT2D eigenvalue weighted by molar-refractivity contribution is 0.580. The van der Waals surface area contributed by atoms with Crippen LogP contribution in [0.15, 0.2) is 53.3 Å². The number of sulfonamides is 1. The van der Waals surface area contributed by atoms with Crippen molar-refractivity contribution in [2.24, 2.45) is 0 Å². The number of aromatic nitrogens is 1. The van der Waals surface area contributed by atoms with Crippen molar-refractivity contribution in [1.29, 1.82) is 0 Å². The molecule has 6 heteroatoms. The fourth-order valence-electron chi connectivity index (χ4n) is 2.98. The number of aromatic amines is 1. The molecular formula is C21H24N2O3S. The topological polar surface area (TPSA) is 79.0 Å². The predicted molar refractivity (Wildman–Crippen MR) is 109 cm³/mol. The SMILES string of the molecule is Cc1ccccc1CS(=O)(=O)NCc1cc2cc(C(C)C)ccc2[nH]c1=O. The van der Waals surface area contributed by atoms with Gasteiger partial charge in [0.15, 0.2) is 0 Å². The number of rotatable bonds is 6. The van der Waals surface area contributed by atoms with E-state index in [0.29, 0.717) is 11.5 Å². The molecule has 0 radical (unpaired) electrons. The van der Waals surface area contributed by atoms with E-state index in [0.717, 1.165) is 22.0 Å². The summed E-state index contributed by atoms with van der Waals surface area (Å²) >= 11 is 0. The average molecular weight is 385 g/mol. The van der Waals surface area contributed by atoms with Crippen LogP contribution in [-0.4, -0.2) is 13.4 Å². The molecule has 0 atom stereocenters. The van der Waals surface area contributed by atoms with Crippen LogP contribution >= 0.6 is 0 Å². The van der Waals surface area contributed by atoms with Crippen LogP contribution in [0.3, 0.4) is 0 Å². The summed E-state index contributed by atoms with van der Waals surface area (Å²) in [4.78, 5) is 15.1. The van der Waals surface area contributed by atoms with Gasteiger partial charge in [0, 0.05) is 17.6 Å². The summed E-state index contributed by atoms with van der Waals surface area (Å²) in [7, 11) is -3.55. The van der Waals surface area contributed by atoms with Crippen LogP contribution < -0.4 is 10.3 Å². The summed E-state index contributed by atoms with van der Waals surface area (Å²) in [6.45, 7) is 6.05. The van der Waals surface area contributed by atoms with Crippen molar-refractivity contribution >= 4 is 20.9 Å². The van der Waals surface area contributed by atoms with E-state index < -0.39 is 10.0 Å². The van der Waals surface area contributed by atoms with Gasteiger partial charge in [0.25, 0.3) is 5.56 Å². The van der Waals surface area contributed by atoms with Crippen LogP contribution in [0.2, 0.25) is 0 Å². The molecule has 5 nitrogen and oxygen atoms in total. The minimum absolute atomic E-state index is 0.0363. The van der Waals surface area contributed by atoms with Gasteiger partial charge in [-0.25, -0.2) is 13.1 Å². The Morgan fingerprint density at radius 1 is 1.04 bits per heavy atom. The van der Waals surface area contributed by atoms with Crippen LogP contribution in [0.25, 0.3) is 10.9 Å². The van der Waals surface area contributed by atoms with Gasteiger partial charge in [0.1, 0.15) is 0 Å². The van der Waals surface area contributed by atoms with Crippen LogP contribution in [0, 0.1) is 6.92 Å². The van der Waals surface area contributed by atoms with Crippen molar-refractivity contribution in [3.63, 3.8) is 0 Å². The van der Waals surface area contributed by atoms with Crippen molar-refractivity contribution in [2.45, 2.75) is 39.0 Å². The Morgan fingerprint density at radius 3 is 2.48 bits per heavy atom. The summed E-state index contributed by atoms with van der Waals surface area (Å²) < 4.78 is 27.4. The summed E-state index contributed by atoms with van der Waals surface area (Å²) in [6.07, 6.45) is 0. The highest BCUT2D eigenvalue weighted by molar-refractivity contribution is 7.88. The van der Waals surface area contributed by atoms with E-state index in [-0.39, 0.29) is 17.9 Å². The van der Waals surface area contributed by atoms with Gasteiger partial charge >= 0.3 is 0 Å². The zero-order valence-electron chi connectivity index (χ0n) is 15.7. The number of benzene rings is 2. The molecule has 0 aliphatic carbocycles. The molecular weight excluding hydrogens is 360 g/mol. The third-order valence-corrected chi connectivity index (χ3v) is 5.98. The van der Waals surface area contributed by atoms with Crippen LogP contribution in [-0.2, 0) is 22.3 Å². The van der Waals surface area contributed by atoms with Gasteiger partial charge in [-0.05, 0) is 53.1 Å². The molecule has 0 aliphatic heterocycles. The smallest absolute Gasteiger partial charge is 0.252 e. The first-order valence-corrected chi connectivity index (χ1v) is 10.6. The lowest BCUT2D eigenvalue weighted by Gasteiger charge is -2.10. The summed E-state index contributed by atoms with van der Waals surface area (Å²) in [5.74, 6) is 0.264. The zero-order valence-corrected chi connectivity index (χ0v) is 16.6. The largest absolute Gasteiger partial charge is 0.322 e. The van der Waals surface area contributed by atoms with E-state index in [9.17, 15) is 13.2 Å². The second-order valence-electron chi connectivity index (χ2n) is 7.13. The number of nitrogens with one attached hydrogen (secondary N) is 2. The molecule has 27 heavy (non-hydrogen) atoms. The number of hydrogen-bond donors (Lipinski definition) is 2. The van der Waals surface area contributed by atoms with Gasteiger partial charge in [-0.3, -0.25) is 4.79 Å². The van der Waals surface area contributed by atoms with Crippen molar-refractivity contribution in [1.82, 2.24) is 9.71 Å². The number of aryl methyl sites for hydroxylation is 1. The zero-order chi connectivity index (χ0) is 19.6. The van der Waals surface area contributed by atoms with E-state index >= 15 is 0 Å². The Labute approximate surface area is 159 Å². The minimum atomic E-state index is -3.55. The van der Waals surface area contributed by atoms with Gasteiger partial charge in [0.05, 0.1) is 5.75 Å². The Kier molecular flexibility index (Phi) is 5.48. The number of H-pyrrole nitrogens is 1. The first-order valence-electron chi connectivity index (χ1n) is 8.93. The average Bonchev–Trinajstić information content (AvgIpc) is 2.61. The summed E-state index contributed by atoms with van der Waals surface area (Å²) in [5, 5.41) is 0.897. The first kappa shape index (κ1) is 19.3. The van der Waals surface area contributed by atoms with Crippen LogP contribution in [0.1, 0.15) is 42.0 Å². The fraction of sp³-hybridized carbons (Fsp3) is 0.286. The standard InChI is InChI=1S/C21H24N2O3S/c1-14(2)16-8-9-20-18(10-16)11-19(21(24)23-20)12-22-27(25,26)13-17-7-5-4-6-15(17)3/h4-11,14,22H,12-13H2,1-3H3,(H,23,24). The van der Waals surface area contributed by atoms with Gasteiger partial charge < -0.3 is 4.98 Å². The van der Waals surface area contributed by atoms with Crippen molar-refractivity contribution in [2.75, 3.05) is 0 Å². The van der Waals surface area contributed by atoms with Crippen LogP contribution in [0.4, 0.5) is 0 Å². The van der Waals surface area contributed by atoms with E-state index in [2.05, 4.69) is 23.6 Å². The summed E-state index contributed by atoms with van der Waals surface area (Å²) in [6, 6.07) is 15.0. The monoisotopic (exact) mass is 384 g/mol. The van der Waals surface area contributed by atoms with Crippen molar-refractivity contribution in [3.8, 4) is 0 Å². The van der Waals surface area contributed by atoms with Gasteiger partial charge in [-0.2, -0.15) is 0 Å². The van der Waals surface area contributed by atoms with E-state index in [1.165, 1.54) is 5.56 Å². The highest BCUT2D eigenvalue weighted by Gasteiger charge is 2.14. The molecule has 0 amide bonds. The molecule has 0 spiro atoms. The molecule has 1 aromatic heterocycles. The van der Waals surface area contributed by atoms with E-state index in [1.54, 1.807) is 12.1 Å². The van der Waals surface area contributed by atoms with Gasteiger partial charge in [-0.1, -0.05) is 44.2 Å². The third-order valence-electron chi connectivity index (χ3n) is 4.70. The maximum absolute atomic E-state index is 12.4. The van der Waals surface area contributed by atoms with Crippen LogP contribution in [0.5, 0.6) is 0 Å². The fourth-order valence-corrected chi connectivity index (χ4v) is 4.19. The van der Waals surface area contributed by atoms with Gasteiger partial charge in [-0.15, -0.1) is 0 Å². The Balaban J connectivity index is 1.82. The maximum atomic E-state index is 12.4. The highest BCUT2D eigenvalue weighted by Crippen LogP contribution is 2.20. The summed E-state index contributed by atoms with van der Waals surface area (Å²) in [5.41, 5.74) is 3.71. The third kappa shape index (κ3) is 4.64. The molecule has 0 aliphatic rings. The Morgan fingerprint density at radius 2 is 1.78 bits per heavy atom. The molecule has 0 fully saturated rings. The second-order valence-corrected chi connectivity index (χ2v) is 8.94. The molecule has 0 bridgehead atoms. The number of pyridine rings is 1. The second kappa shape index (κ2) is 7.66. The van der Waals surface area contributed by atoms with Gasteiger partial charge in [0.2, 0.25) is 10.0 Å². The first-order chi connectivity index (χ1) is 12.7. The molecule has 3 aromatic rings. The number of hydrogen-bond acceptors (Lipinski definition) is 3. The molecule has 3 rings (SSSR count). The molecule has 2 aromatic carbocycles. The van der Waals surface area contributed by atoms with E-state index in [4.69, 9.17) is 0 Å². The molecule has 0 saturated carbocycles. The lowest BCUT2D eigenvalue weighted by atomic mass is 10.0. The molecule has 1 heterocycles. The quantitative estimate of drug-likeness (QED) is 0.682. The molecule has 0 saturated heterocycles. The predicted octanol–water partition coefficient (Wildman–Crippen LogP) is 3.58. The molecule has 142 valence electrons. The van der Waals surface area contributed by atoms with Crippen molar-refractivity contribution < 1.29 is 8.42 Å². The lowest BCUT2D eigenvalue weighted by Crippen LogP contribution is -2.28. The molecule has 0 unspecified atom stereocenters. The maximum Gasteiger partial charge on any atom is 0.252 e. The highest BCUT2D eigenvalue weighted by atomic mass is 32.2. The van der Waals surface area contributed by atoms with E-state index in [1.807, 2.05) is 43.3 Å². The normalized spacial score (nSPS) is 12.0.